The van der Waals surface area contributed by atoms with E-state index in [-0.39, 0.29) is 18.4 Å². The Morgan fingerprint density at radius 1 is 1.36 bits per heavy atom. The number of amides is 2. The first kappa shape index (κ1) is 6.27. The molecule has 0 spiro atoms. The highest BCUT2D eigenvalue weighted by Crippen LogP contribution is 2.17. The normalized spacial score (nSPS) is 22.2. The summed E-state index contributed by atoms with van der Waals surface area (Å²) in [5.41, 5.74) is 0.631. The molecule has 0 aromatic heterocycles. The summed E-state index contributed by atoms with van der Waals surface area (Å²) in [6, 6.07) is 0. The van der Waals surface area contributed by atoms with Crippen molar-refractivity contribution in [2.75, 3.05) is 6.54 Å². The van der Waals surface area contributed by atoms with Crippen molar-refractivity contribution in [3.8, 4) is 0 Å². The summed E-state index contributed by atoms with van der Waals surface area (Å²) in [7, 11) is 0. The molecule has 0 aromatic carbocycles. The second kappa shape index (κ2) is 2.02. The highest BCUT2D eigenvalue weighted by Gasteiger charge is 2.30. The van der Waals surface area contributed by atoms with Gasteiger partial charge < -0.3 is 0 Å². The molecule has 4 nitrogen and oxygen atoms in total. The molecule has 56 valence electrons. The molecule has 0 aromatic rings. The van der Waals surface area contributed by atoms with Gasteiger partial charge in [0, 0.05) is 12.6 Å². The Morgan fingerprint density at radius 2 is 2.18 bits per heavy atom. The van der Waals surface area contributed by atoms with Gasteiger partial charge in [-0.3, -0.25) is 14.6 Å². The molecule has 2 aliphatic heterocycles. The lowest BCUT2D eigenvalue weighted by Gasteiger charge is -2.17. The van der Waals surface area contributed by atoms with E-state index in [0.717, 1.165) is 0 Å². The molecule has 11 heavy (non-hydrogen) atoms. The Balaban J connectivity index is 2.41. The van der Waals surface area contributed by atoms with E-state index in [1.807, 2.05) is 0 Å². The molecule has 2 heterocycles. The van der Waals surface area contributed by atoms with Crippen LogP contribution in [-0.4, -0.2) is 29.5 Å². The van der Waals surface area contributed by atoms with E-state index in [1.54, 1.807) is 12.3 Å². The molecule has 0 fully saturated rings. The maximum Gasteiger partial charge on any atom is 0.255 e. The third-order valence-electron chi connectivity index (χ3n) is 1.69. The summed E-state index contributed by atoms with van der Waals surface area (Å²) in [6.45, 7) is 0.100. The van der Waals surface area contributed by atoms with E-state index in [1.165, 1.54) is 4.90 Å². The van der Waals surface area contributed by atoms with Crippen LogP contribution in [-0.2, 0) is 9.59 Å². The van der Waals surface area contributed by atoms with Gasteiger partial charge in [-0.2, -0.15) is 0 Å². The Bertz CT molecular complexity index is 291. The molecular formula is C7H6N2O2. The van der Waals surface area contributed by atoms with Crippen LogP contribution in [0.15, 0.2) is 16.8 Å². The predicted molar refractivity (Wildman–Crippen MR) is 37.9 cm³/mol. The third-order valence-corrected chi connectivity index (χ3v) is 1.69. The SMILES string of the molecule is O=C1CC=C2C=NCC(=O)N12. The molecule has 2 rings (SSSR count). The van der Waals surface area contributed by atoms with Gasteiger partial charge in [-0.15, -0.1) is 0 Å². The molecule has 0 radical (unpaired) electrons. The lowest BCUT2D eigenvalue weighted by atomic mass is 10.4. The molecule has 0 aliphatic carbocycles. The molecule has 0 unspecified atom stereocenters. The Morgan fingerprint density at radius 3 is 2.91 bits per heavy atom. The summed E-state index contributed by atoms with van der Waals surface area (Å²) in [5.74, 6) is -0.364. The summed E-state index contributed by atoms with van der Waals surface area (Å²) in [6.07, 6.45) is 3.60. The van der Waals surface area contributed by atoms with Crippen LogP contribution in [0.4, 0.5) is 0 Å². The zero-order valence-corrected chi connectivity index (χ0v) is 5.78. The quantitative estimate of drug-likeness (QED) is 0.446. The molecule has 0 N–H and O–H groups in total. The van der Waals surface area contributed by atoms with E-state index in [0.29, 0.717) is 12.1 Å². The van der Waals surface area contributed by atoms with Gasteiger partial charge in [-0.1, -0.05) is 0 Å². The van der Waals surface area contributed by atoms with Crippen LogP contribution in [0.3, 0.4) is 0 Å². The van der Waals surface area contributed by atoms with Crippen molar-refractivity contribution < 1.29 is 9.59 Å². The summed E-state index contributed by atoms with van der Waals surface area (Å²) >= 11 is 0. The second-order valence-electron chi connectivity index (χ2n) is 2.43. The van der Waals surface area contributed by atoms with Gasteiger partial charge in [0.25, 0.3) is 5.91 Å². The van der Waals surface area contributed by atoms with Crippen molar-refractivity contribution >= 4 is 18.0 Å². The standard InChI is InChI=1S/C7H6N2O2/c10-6-2-1-5-3-8-4-7(11)9(5)6/h1,3H,2,4H2. The molecule has 0 atom stereocenters. The average molecular weight is 150 g/mol. The number of hydrogen-bond acceptors (Lipinski definition) is 3. The molecule has 0 saturated heterocycles. The highest BCUT2D eigenvalue weighted by atomic mass is 16.2. The fourth-order valence-electron chi connectivity index (χ4n) is 1.20. The van der Waals surface area contributed by atoms with Crippen molar-refractivity contribution in [3.05, 3.63) is 11.8 Å². The highest BCUT2D eigenvalue weighted by molar-refractivity contribution is 6.08. The number of imide groups is 1. The first-order valence-corrected chi connectivity index (χ1v) is 3.35. The molecule has 0 bridgehead atoms. The predicted octanol–water partition coefficient (Wildman–Crippen LogP) is -0.286. The van der Waals surface area contributed by atoms with E-state index in [9.17, 15) is 9.59 Å². The van der Waals surface area contributed by atoms with Crippen molar-refractivity contribution in [2.45, 2.75) is 6.42 Å². The largest absolute Gasteiger partial charge is 0.281 e. The van der Waals surface area contributed by atoms with E-state index < -0.39 is 0 Å². The lowest BCUT2D eigenvalue weighted by molar-refractivity contribution is -0.139. The van der Waals surface area contributed by atoms with Crippen molar-refractivity contribution in [1.29, 1.82) is 0 Å². The first-order valence-electron chi connectivity index (χ1n) is 3.35. The number of nitrogens with zero attached hydrogens (tertiary/aromatic N) is 2. The van der Waals surface area contributed by atoms with Gasteiger partial charge in [0.15, 0.2) is 0 Å². The number of carbonyl (C=O) groups excluding carboxylic acids is 2. The van der Waals surface area contributed by atoms with Crippen molar-refractivity contribution in [2.24, 2.45) is 4.99 Å². The lowest BCUT2D eigenvalue weighted by Crippen LogP contribution is -2.36. The number of allylic oxidation sites excluding steroid dienone is 1. The molecule has 2 amide bonds. The van der Waals surface area contributed by atoms with Crippen molar-refractivity contribution in [3.63, 3.8) is 0 Å². The second-order valence-corrected chi connectivity index (χ2v) is 2.43. The molecular weight excluding hydrogens is 144 g/mol. The van der Waals surface area contributed by atoms with Crippen LogP contribution >= 0.6 is 0 Å². The minimum absolute atomic E-state index is 0.100. The summed E-state index contributed by atoms with van der Waals surface area (Å²) < 4.78 is 0. The average Bonchev–Trinajstić information content (AvgIpc) is 2.34. The Kier molecular flexibility index (Phi) is 1.15. The van der Waals surface area contributed by atoms with Crippen LogP contribution in [0.5, 0.6) is 0 Å². The van der Waals surface area contributed by atoms with Gasteiger partial charge in [0.05, 0.1) is 5.70 Å². The van der Waals surface area contributed by atoms with Gasteiger partial charge in [-0.05, 0) is 6.08 Å². The van der Waals surface area contributed by atoms with Gasteiger partial charge in [-0.25, -0.2) is 4.90 Å². The van der Waals surface area contributed by atoms with Gasteiger partial charge in [0.2, 0.25) is 5.91 Å². The van der Waals surface area contributed by atoms with Crippen LogP contribution < -0.4 is 0 Å². The minimum Gasteiger partial charge on any atom is -0.281 e. The fourth-order valence-corrected chi connectivity index (χ4v) is 1.20. The number of fused-ring (bicyclic) bond motifs is 1. The number of carbonyl (C=O) groups is 2. The van der Waals surface area contributed by atoms with Crippen molar-refractivity contribution in [1.82, 2.24) is 4.90 Å². The van der Waals surface area contributed by atoms with E-state index >= 15 is 0 Å². The topological polar surface area (TPSA) is 49.7 Å². The zero-order chi connectivity index (χ0) is 7.84. The van der Waals surface area contributed by atoms with Gasteiger partial charge in [0.1, 0.15) is 6.54 Å². The Labute approximate surface area is 63.2 Å². The van der Waals surface area contributed by atoms with Crippen LogP contribution in [0.2, 0.25) is 0 Å². The third kappa shape index (κ3) is 0.790. The summed E-state index contributed by atoms with van der Waals surface area (Å²) in [5, 5.41) is 0. The number of aliphatic imine (C=N–C) groups is 1. The van der Waals surface area contributed by atoms with Crippen LogP contribution in [0.25, 0.3) is 0 Å². The number of hydrogen-bond donors (Lipinski definition) is 0. The first-order chi connectivity index (χ1) is 5.29. The van der Waals surface area contributed by atoms with Gasteiger partial charge >= 0.3 is 0 Å². The number of rotatable bonds is 0. The van der Waals surface area contributed by atoms with Crippen LogP contribution in [0.1, 0.15) is 6.42 Å². The smallest absolute Gasteiger partial charge is 0.255 e. The van der Waals surface area contributed by atoms with E-state index in [4.69, 9.17) is 0 Å². The summed E-state index contributed by atoms with van der Waals surface area (Å²) in [4.78, 5) is 27.0. The molecule has 2 aliphatic rings. The molecule has 4 heteroatoms. The monoisotopic (exact) mass is 150 g/mol. The fraction of sp³-hybridized carbons (Fsp3) is 0.286. The Hall–Kier alpha value is -1.45. The molecule has 0 saturated carbocycles. The van der Waals surface area contributed by atoms with Crippen LogP contribution in [0, 0.1) is 0 Å². The van der Waals surface area contributed by atoms with E-state index in [2.05, 4.69) is 4.99 Å². The zero-order valence-electron chi connectivity index (χ0n) is 5.78. The maximum atomic E-state index is 11.0. The maximum absolute atomic E-state index is 11.0. The minimum atomic E-state index is -0.221.